The van der Waals surface area contributed by atoms with Gasteiger partial charge in [0.2, 0.25) is 11.7 Å². The van der Waals surface area contributed by atoms with Crippen LogP contribution in [0.4, 0.5) is 0 Å². The van der Waals surface area contributed by atoms with Gasteiger partial charge in [0.1, 0.15) is 6.54 Å². The Morgan fingerprint density at radius 2 is 2.30 bits per heavy atom. The minimum absolute atomic E-state index is 0.351. The van der Waals surface area contributed by atoms with E-state index < -0.39 is 0 Å². The van der Waals surface area contributed by atoms with Crippen molar-refractivity contribution < 1.29 is 4.52 Å². The van der Waals surface area contributed by atoms with Gasteiger partial charge in [0, 0.05) is 24.5 Å². The molecule has 0 aromatic carbocycles. The average molecular weight is 271 g/mol. The van der Waals surface area contributed by atoms with Gasteiger partial charge in [-0.05, 0) is 18.6 Å². The number of nitrogens with zero attached hydrogens (tertiary/aromatic N) is 6. The molecule has 0 amide bonds. The summed E-state index contributed by atoms with van der Waals surface area (Å²) >= 11 is 0. The number of rotatable bonds is 4. The molecule has 3 rings (SSSR count). The summed E-state index contributed by atoms with van der Waals surface area (Å²) in [7, 11) is 0. The Labute approximate surface area is 114 Å². The highest BCUT2D eigenvalue weighted by Crippen LogP contribution is 2.18. The Morgan fingerprint density at radius 3 is 3.05 bits per heavy atom. The summed E-state index contributed by atoms with van der Waals surface area (Å²) in [6.45, 7) is 2.68. The van der Waals surface area contributed by atoms with Crippen molar-refractivity contribution in [1.82, 2.24) is 30.1 Å². The number of aromatic nitrogens is 6. The summed E-state index contributed by atoms with van der Waals surface area (Å²) in [6.07, 6.45) is 5.19. The first kappa shape index (κ1) is 12.4. The normalized spacial score (nSPS) is 10.9. The third-order valence-corrected chi connectivity index (χ3v) is 2.84. The van der Waals surface area contributed by atoms with E-state index in [2.05, 4.69) is 25.4 Å². The Balaban J connectivity index is 1.82. The number of pyridine rings is 1. The molecule has 0 atom stereocenters. The van der Waals surface area contributed by atoms with Crippen LogP contribution >= 0.6 is 0 Å². The number of hydrogen-bond donors (Lipinski definition) is 1. The van der Waals surface area contributed by atoms with Crippen molar-refractivity contribution in [3.63, 3.8) is 0 Å². The molecule has 2 N–H and O–H groups in total. The first-order valence-electron chi connectivity index (χ1n) is 6.09. The van der Waals surface area contributed by atoms with Gasteiger partial charge in [-0.1, -0.05) is 10.4 Å². The molecule has 8 heteroatoms. The van der Waals surface area contributed by atoms with Gasteiger partial charge in [0.25, 0.3) is 0 Å². The number of aryl methyl sites for hydroxylation is 1. The van der Waals surface area contributed by atoms with Crippen LogP contribution < -0.4 is 5.73 Å². The molecule has 0 saturated heterocycles. The van der Waals surface area contributed by atoms with Crippen LogP contribution in [0.2, 0.25) is 0 Å². The van der Waals surface area contributed by atoms with Gasteiger partial charge in [-0.2, -0.15) is 4.98 Å². The molecule has 0 bridgehead atoms. The fourth-order valence-corrected chi connectivity index (χ4v) is 1.77. The lowest BCUT2D eigenvalue weighted by Crippen LogP contribution is -2.01. The summed E-state index contributed by atoms with van der Waals surface area (Å²) in [4.78, 5) is 8.40. The maximum Gasteiger partial charge on any atom is 0.248 e. The fourth-order valence-electron chi connectivity index (χ4n) is 1.77. The van der Waals surface area contributed by atoms with Crippen LogP contribution in [0.25, 0.3) is 11.4 Å². The van der Waals surface area contributed by atoms with Crippen molar-refractivity contribution in [3.05, 3.63) is 41.8 Å². The van der Waals surface area contributed by atoms with Crippen molar-refractivity contribution in [2.75, 3.05) is 0 Å². The van der Waals surface area contributed by atoms with Gasteiger partial charge in [0.05, 0.1) is 11.9 Å². The highest BCUT2D eigenvalue weighted by atomic mass is 16.5. The summed E-state index contributed by atoms with van der Waals surface area (Å²) in [6, 6.07) is 1.90. The summed E-state index contributed by atoms with van der Waals surface area (Å²) in [5, 5.41) is 11.8. The standard InChI is InChI=1S/C12H13N7O/c1-8-2-3-14-5-10(8)12-15-11(20-17-12)7-19-6-9(4-13)16-18-19/h2-3,5-6H,4,7,13H2,1H3. The van der Waals surface area contributed by atoms with Crippen LogP contribution in [-0.2, 0) is 13.1 Å². The van der Waals surface area contributed by atoms with E-state index in [-0.39, 0.29) is 0 Å². The molecule has 0 aliphatic heterocycles. The molecule has 0 saturated carbocycles. The second-order valence-corrected chi connectivity index (χ2v) is 4.31. The zero-order valence-corrected chi connectivity index (χ0v) is 10.9. The third-order valence-electron chi connectivity index (χ3n) is 2.84. The predicted octanol–water partition coefficient (Wildman–Crippen LogP) is 0.539. The van der Waals surface area contributed by atoms with Crippen LogP contribution in [0.15, 0.2) is 29.2 Å². The lowest BCUT2D eigenvalue weighted by Gasteiger charge is -1.97. The SMILES string of the molecule is Cc1ccncc1-c1noc(Cn2cc(CN)nn2)n1. The van der Waals surface area contributed by atoms with E-state index >= 15 is 0 Å². The number of hydrogen-bond acceptors (Lipinski definition) is 7. The average Bonchev–Trinajstić information content (AvgIpc) is 3.09. The molecule has 0 aliphatic carbocycles. The molecule has 3 aromatic rings. The Morgan fingerprint density at radius 1 is 1.40 bits per heavy atom. The minimum Gasteiger partial charge on any atom is -0.337 e. The first-order valence-corrected chi connectivity index (χ1v) is 6.09. The Hall–Kier alpha value is -2.61. The van der Waals surface area contributed by atoms with Gasteiger partial charge in [-0.3, -0.25) is 4.98 Å². The van der Waals surface area contributed by atoms with E-state index in [0.29, 0.717) is 30.5 Å². The Kier molecular flexibility index (Phi) is 3.21. The third kappa shape index (κ3) is 2.41. The van der Waals surface area contributed by atoms with Crippen molar-refractivity contribution >= 4 is 0 Å². The van der Waals surface area contributed by atoms with Crippen LogP contribution in [0.5, 0.6) is 0 Å². The van der Waals surface area contributed by atoms with Gasteiger partial charge in [0.15, 0.2) is 0 Å². The highest BCUT2D eigenvalue weighted by molar-refractivity contribution is 5.57. The molecule has 0 spiro atoms. The van der Waals surface area contributed by atoms with Crippen LogP contribution in [0.3, 0.4) is 0 Å². The molecule has 3 heterocycles. The molecule has 20 heavy (non-hydrogen) atoms. The molecule has 0 fully saturated rings. The van der Waals surface area contributed by atoms with E-state index in [0.717, 1.165) is 11.1 Å². The summed E-state index contributed by atoms with van der Waals surface area (Å²) < 4.78 is 6.82. The van der Waals surface area contributed by atoms with E-state index in [9.17, 15) is 0 Å². The molecule has 0 radical (unpaired) electrons. The van der Waals surface area contributed by atoms with Gasteiger partial charge in [-0.15, -0.1) is 5.10 Å². The smallest absolute Gasteiger partial charge is 0.248 e. The molecular weight excluding hydrogens is 258 g/mol. The topological polar surface area (TPSA) is 109 Å². The maximum absolute atomic E-state index is 5.48. The van der Waals surface area contributed by atoms with Gasteiger partial charge >= 0.3 is 0 Å². The summed E-state index contributed by atoms with van der Waals surface area (Å²) in [5.41, 5.74) is 8.09. The molecule has 8 nitrogen and oxygen atoms in total. The monoisotopic (exact) mass is 271 g/mol. The van der Waals surface area contributed by atoms with E-state index in [1.54, 1.807) is 23.3 Å². The van der Waals surface area contributed by atoms with Crippen molar-refractivity contribution in [2.24, 2.45) is 5.73 Å². The van der Waals surface area contributed by atoms with Gasteiger partial charge < -0.3 is 10.3 Å². The molecule has 0 unspecified atom stereocenters. The molecule has 3 aromatic heterocycles. The lowest BCUT2D eigenvalue weighted by molar-refractivity contribution is 0.364. The van der Waals surface area contributed by atoms with Crippen molar-refractivity contribution in [2.45, 2.75) is 20.0 Å². The van der Waals surface area contributed by atoms with E-state index in [1.165, 1.54) is 0 Å². The highest BCUT2D eigenvalue weighted by Gasteiger charge is 2.12. The molecular formula is C12H13N7O. The predicted molar refractivity (Wildman–Crippen MR) is 69.3 cm³/mol. The quantitative estimate of drug-likeness (QED) is 0.737. The van der Waals surface area contributed by atoms with Crippen LogP contribution in [0.1, 0.15) is 17.1 Å². The van der Waals surface area contributed by atoms with Crippen molar-refractivity contribution in [3.8, 4) is 11.4 Å². The largest absolute Gasteiger partial charge is 0.337 e. The zero-order valence-electron chi connectivity index (χ0n) is 10.9. The van der Waals surface area contributed by atoms with Crippen molar-refractivity contribution in [1.29, 1.82) is 0 Å². The second-order valence-electron chi connectivity index (χ2n) is 4.31. The van der Waals surface area contributed by atoms with E-state index in [1.807, 2.05) is 13.0 Å². The molecule has 0 aliphatic rings. The first-order chi connectivity index (χ1) is 9.76. The second kappa shape index (κ2) is 5.17. The minimum atomic E-state index is 0.351. The van der Waals surface area contributed by atoms with Crippen LogP contribution in [0, 0.1) is 6.92 Å². The summed E-state index contributed by atoms with van der Waals surface area (Å²) in [5.74, 6) is 0.974. The maximum atomic E-state index is 5.48. The fraction of sp³-hybridized carbons (Fsp3) is 0.250. The van der Waals surface area contributed by atoms with Gasteiger partial charge in [-0.25, -0.2) is 4.68 Å². The number of nitrogens with two attached hydrogens (primary N) is 1. The lowest BCUT2D eigenvalue weighted by atomic mass is 10.1. The molecule has 102 valence electrons. The van der Waals surface area contributed by atoms with Crippen LogP contribution in [-0.4, -0.2) is 30.1 Å². The van der Waals surface area contributed by atoms with E-state index in [4.69, 9.17) is 10.3 Å². The Bertz CT molecular complexity index is 718. The zero-order chi connectivity index (χ0) is 13.9.